The first-order valence-corrected chi connectivity index (χ1v) is 10.7. The van der Waals surface area contributed by atoms with Crippen molar-refractivity contribution in [3.8, 4) is 0 Å². The Kier molecular flexibility index (Phi) is 5.09. The van der Waals surface area contributed by atoms with Gasteiger partial charge in [-0.2, -0.15) is 0 Å². The summed E-state index contributed by atoms with van der Waals surface area (Å²) >= 11 is 1.76. The summed E-state index contributed by atoms with van der Waals surface area (Å²) < 4.78 is 2.36. The zero-order valence-electron chi connectivity index (χ0n) is 16.0. The molecule has 0 aliphatic rings. The smallest absolute Gasteiger partial charge is 0.269 e. The number of aromatic nitrogens is 1. The molecule has 28 heavy (non-hydrogen) atoms. The fourth-order valence-electron chi connectivity index (χ4n) is 3.94. The molecule has 4 nitrogen and oxygen atoms in total. The van der Waals surface area contributed by atoms with E-state index in [-0.39, 0.29) is 10.6 Å². The average molecular weight is 391 g/mol. The Morgan fingerprint density at radius 2 is 1.79 bits per heavy atom. The normalized spacial score (nSPS) is 11.4. The molecule has 0 atom stereocenters. The van der Waals surface area contributed by atoms with Gasteiger partial charge in [-0.1, -0.05) is 49.7 Å². The average Bonchev–Trinajstić information content (AvgIpc) is 3.04. The Bertz CT molecular complexity index is 1160. The van der Waals surface area contributed by atoms with Crippen molar-refractivity contribution in [3.63, 3.8) is 0 Å². The molecule has 4 rings (SSSR count). The molecule has 1 aromatic heterocycles. The Morgan fingerprint density at radius 1 is 1.04 bits per heavy atom. The summed E-state index contributed by atoms with van der Waals surface area (Å²) in [6.07, 6.45) is 4.27. The van der Waals surface area contributed by atoms with Crippen molar-refractivity contribution in [2.45, 2.75) is 31.2 Å². The zero-order chi connectivity index (χ0) is 19.7. The Morgan fingerprint density at radius 3 is 2.46 bits per heavy atom. The van der Waals surface area contributed by atoms with E-state index >= 15 is 0 Å². The lowest BCUT2D eigenvalue weighted by atomic mass is 10.0. The van der Waals surface area contributed by atoms with Gasteiger partial charge in [0, 0.05) is 39.9 Å². The number of hydrogen-bond donors (Lipinski definition) is 0. The molecule has 0 fully saturated rings. The Balaban J connectivity index is 1.95. The topological polar surface area (TPSA) is 48.1 Å². The molecule has 0 saturated carbocycles. The summed E-state index contributed by atoms with van der Waals surface area (Å²) in [6, 6.07) is 19.9. The molecule has 4 aromatic rings. The minimum absolute atomic E-state index is 0.126. The van der Waals surface area contributed by atoms with Crippen LogP contribution in [0.2, 0.25) is 0 Å². The number of non-ortho nitro benzene ring substituents is 1. The Labute approximate surface area is 168 Å². The van der Waals surface area contributed by atoms with Crippen LogP contribution in [0.1, 0.15) is 24.5 Å². The van der Waals surface area contributed by atoms with Gasteiger partial charge in [-0.3, -0.25) is 10.1 Å². The number of nitro benzene ring substituents is 1. The van der Waals surface area contributed by atoms with E-state index in [1.54, 1.807) is 23.9 Å². The van der Waals surface area contributed by atoms with Gasteiger partial charge in [-0.25, -0.2) is 0 Å². The SMILES string of the molecule is CCCc1ccc(SC)c2c1c1ccccc1n2Cc1ccc([N+](=O)[O-])cc1. The second-order valence-corrected chi connectivity index (χ2v) is 7.78. The van der Waals surface area contributed by atoms with E-state index in [2.05, 4.69) is 54.1 Å². The highest BCUT2D eigenvalue weighted by Crippen LogP contribution is 2.38. The fourth-order valence-corrected chi connectivity index (χ4v) is 4.55. The third kappa shape index (κ3) is 3.16. The maximum absolute atomic E-state index is 11.0. The van der Waals surface area contributed by atoms with E-state index in [9.17, 15) is 10.1 Å². The number of hydrogen-bond acceptors (Lipinski definition) is 3. The van der Waals surface area contributed by atoms with Crippen LogP contribution in [0.15, 0.2) is 65.6 Å². The second kappa shape index (κ2) is 7.68. The van der Waals surface area contributed by atoms with Crippen LogP contribution >= 0.6 is 11.8 Å². The van der Waals surface area contributed by atoms with Crippen molar-refractivity contribution in [1.82, 2.24) is 4.57 Å². The molecule has 0 unspecified atom stereocenters. The van der Waals surface area contributed by atoms with Crippen LogP contribution in [0.4, 0.5) is 5.69 Å². The van der Waals surface area contributed by atoms with E-state index in [4.69, 9.17) is 0 Å². The molecule has 0 saturated heterocycles. The van der Waals surface area contributed by atoms with Gasteiger partial charge in [0.15, 0.2) is 0 Å². The largest absolute Gasteiger partial charge is 0.335 e. The van der Waals surface area contributed by atoms with Crippen molar-refractivity contribution in [2.24, 2.45) is 0 Å². The number of fused-ring (bicyclic) bond motifs is 3. The van der Waals surface area contributed by atoms with Crippen molar-refractivity contribution < 1.29 is 4.92 Å². The highest BCUT2D eigenvalue weighted by atomic mass is 32.2. The maximum Gasteiger partial charge on any atom is 0.269 e. The third-order valence-corrected chi connectivity index (χ3v) is 5.96. The first-order valence-electron chi connectivity index (χ1n) is 9.44. The van der Waals surface area contributed by atoms with Crippen LogP contribution in [-0.2, 0) is 13.0 Å². The predicted molar refractivity (Wildman–Crippen MR) is 117 cm³/mol. The summed E-state index contributed by atoms with van der Waals surface area (Å²) in [5, 5.41) is 13.6. The first-order chi connectivity index (χ1) is 13.6. The second-order valence-electron chi connectivity index (χ2n) is 6.93. The van der Waals surface area contributed by atoms with Crippen LogP contribution in [0.5, 0.6) is 0 Å². The van der Waals surface area contributed by atoms with E-state index in [0.29, 0.717) is 6.54 Å². The quantitative estimate of drug-likeness (QED) is 0.217. The van der Waals surface area contributed by atoms with Crippen molar-refractivity contribution >= 4 is 39.3 Å². The van der Waals surface area contributed by atoms with Crippen LogP contribution in [0.3, 0.4) is 0 Å². The van der Waals surface area contributed by atoms with Crippen LogP contribution in [0, 0.1) is 10.1 Å². The van der Waals surface area contributed by atoms with Crippen LogP contribution < -0.4 is 0 Å². The molecular formula is C23H22N2O2S. The standard InChI is InChI=1S/C23H22N2O2S/c1-3-6-17-11-14-21(28-2)23-22(17)19-7-4-5-8-20(19)24(23)15-16-9-12-18(13-10-16)25(26)27/h4-5,7-14H,3,6,15H2,1-2H3. The molecule has 1 heterocycles. The first kappa shape index (κ1) is 18.6. The molecule has 3 aromatic carbocycles. The molecule has 0 bridgehead atoms. The summed E-state index contributed by atoms with van der Waals surface area (Å²) in [5.74, 6) is 0. The summed E-state index contributed by atoms with van der Waals surface area (Å²) in [6.45, 7) is 2.90. The van der Waals surface area contributed by atoms with Crippen molar-refractivity contribution in [3.05, 3.63) is 81.9 Å². The number of benzene rings is 3. The van der Waals surface area contributed by atoms with Crippen molar-refractivity contribution in [2.75, 3.05) is 6.26 Å². The molecule has 0 amide bonds. The lowest BCUT2D eigenvalue weighted by molar-refractivity contribution is -0.384. The van der Waals surface area contributed by atoms with Gasteiger partial charge in [0.25, 0.3) is 5.69 Å². The van der Waals surface area contributed by atoms with Gasteiger partial charge >= 0.3 is 0 Å². The number of aryl methyl sites for hydroxylation is 1. The van der Waals surface area contributed by atoms with Crippen LogP contribution in [-0.4, -0.2) is 15.7 Å². The molecule has 0 aliphatic carbocycles. The number of para-hydroxylation sites is 1. The number of rotatable bonds is 6. The van der Waals surface area contributed by atoms with Gasteiger partial charge in [0.2, 0.25) is 0 Å². The summed E-state index contributed by atoms with van der Waals surface area (Å²) in [4.78, 5) is 11.9. The molecule has 142 valence electrons. The van der Waals surface area contributed by atoms with E-state index in [0.717, 1.165) is 18.4 Å². The zero-order valence-corrected chi connectivity index (χ0v) is 16.8. The summed E-state index contributed by atoms with van der Waals surface area (Å²) in [7, 11) is 0. The monoisotopic (exact) mass is 390 g/mol. The summed E-state index contributed by atoms with van der Waals surface area (Å²) in [5.41, 5.74) is 5.03. The molecule has 0 spiro atoms. The minimum atomic E-state index is -0.354. The number of nitrogens with zero attached hydrogens (tertiary/aromatic N) is 2. The number of nitro groups is 1. The highest BCUT2D eigenvalue weighted by Gasteiger charge is 2.17. The Hall–Kier alpha value is -2.79. The molecule has 0 aliphatic heterocycles. The predicted octanol–water partition coefficient (Wildman–Crippen LogP) is 6.43. The lowest BCUT2D eigenvalue weighted by Crippen LogP contribution is -2.01. The van der Waals surface area contributed by atoms with Gasteiger partial charge in [0.1, 0.15) is 0 Å². The maximum atomic E-state index is 11.0. The third-order valence-electron chi connectivity index (χ3n) is 5.19. The van der Waals surface area contributed by atoms with Gasteiger partial charge in [0.05, 0.1) is 10.4 Å². The highest BCUT2D eigenvalue weighted by molar-refractivity contribution is 7.98. The van der Waals surface area contributed by atoms with Gasteiger partial charge in [-0.05, 0) is 35.9 Å². The van der Waals surface area contributed by atoms with Crippen LogP contribution in [0.25, 0.3) is 21.8 Å². The molecule has 0 N–H and O–H groups in total. The van der Waals surface area contributed by atoms with Gasteiger partial charge < -0.3 is 4.57 Å². The molecule has 0 radical (unpaired) electrons. The van der Waals surface area contributed by atoms with E-state index in [1.807, 2.05) is 12.1 Å². The minimum Gasteiger partial charge on any atom is -0.335 e. The lowest BCUT2D eigenvalue weighted by Gasteiger charge is -2.12. The number of thioether (sulfide) groups is 1. The molecule has 5 heteroatoms. The fraction of sp³-hybridized carbons (Fsp3) is 0.217. The molecular weight excluding hydrogens is 368 g/mol. The van der Waals surface area contributed by atoms with E-state index in [1.165, 1.54) is 32.3 Å². The van der Waals surface area contributed by atoms with Crippen molar-refractivity contribution in [1.29, 1.82) is 0 Å². The van der Waals surface area contributed by atoms with E-state index < -0.39 is 0 Å². The van der Waals surface area contributed by atoms with Gasteiger partial charge in [-0.15, -0.1) is 11.8 Å².